The molecule has 0 aromatic carbocycles. The first-order chi connectivity index (χ1) is 9.95. The van der Waals surface area contributed by atoms with Gasteiger partial charge in [-0.15, -0.1) is 0 Å². The predicted molar refractivity (Wildman–Crippen MR) is 79.5 cm³/mol. The van der Waals surface area contributed by atoms with Crippen LogP contribution in [0.1, 0.15) is 45.0 Å². The number of hydrogen-bond acceptors (Lipinski definition) is 3. The maximum atomic E-state index is 12.7. The average molecular weight is 292 g/mol. The van der Waals surface area contributed by atoms with Crippen molar-refractivity contribution < 1.29 is 9.59 Å². The summed E-state index contributed by atoms with van der Waals surface area (Å²) in [6.45, 7) is 6.46. The Labute approximate surface area is 125 Å². The van der Waals surface area contributed by atoms with Crippen LogP contribution in [0.4, 0.5) is 0 Å². The van der Waals surface area contributed by atoms with Gasteiger partial charge in [0.05, 0.1) is 17.9 Å². The van der Waals surface area contributed by atoms with E-state index in [-0.39, 0.29) is 18.4 Å². The lowest BCUT2D eigenvalue weighted by molar-refractivity contribution is -0.151. The monoisotopic (exact) mass is 292 g/mol. The van der Waals surface area contributed by atoms with Gasteiger partial charge in [0, 0.05) is 7.05 Å². The second kappa shape index (κ2) is 5.87. The standard InChI is InChI=1S/C15H24N4O2/c1-5-11-8-12(18(4)17-11)9-19-10-13(20)16-15(6-2,7-3)14(19)21/h8H,5-7,9-10H2,1-4H3,(H,16,20). The lowest BCUT2D eigenvalue weighted by Crippen LogP contribution is -2.65. The molecule has 0 bridgehead atoms. The molecule has 6 nitrogen and oxygen atoms in total. The summed E-state index contributed by atoms with van der Waals surface area (Å²) in [5.74, 6) is -0.0810. The molecule has 116 valence electrons. The average Bonchev–Trinajstić information content (AvgIpc) is 2.83. The highest BCUT2D eigenvalue weighted by atomic mass is 16.2. The summed E-state index contributed by atoms with van der Waals surface area (Å²) in [5.41, 5.74) is 1.20. The molecule has 0 saturated carbocycles. The van der Waals surface area contributed by atoms with E-state index in [2.05, 4.69) is 10.4 Å². The van der Waals surface area contributed by atoms with Crippen LogP contribution in [-0.4, -0.2) is 38.6 Å². The van der Waals surface area contributed by atoms with Crippen molar-refractivity contribution in [1.29, 1.82) is 0 Å². The maximum Gasteiger partial charge on any atom is 0.249 e. The van der Waals surface area contributed by atoms with Gasteiger partial charge in [0.15, 0.2) is 0 Å². The van der Waals surface area contributed by atoms with Crippen LogP contribution in [-0.2, 0) is 29.6 Å². The second-order valence-electron chi connectivity index (χ2n) is 5.60. The van der Waals surface area contributed by atoms with Crippen molar-refractivity contribution in [2.24, 2.45) is 7.05 Å². The molecule has 1 aromatic rings. The number of amides is 2. The topological polar surface area (TPSA) is 67.2 Å². The van der Waals surface area contributed by atoms with Crippen molar-refractivity contribution in [3.05, 3.63) is 17.5 Å². The van der Waals surface area contributed by atoms with Crippen molar-refractivity contribution in [1.82, 2.24) is 20.0 Å². The molecular weight excluding hydrogens is 268 g/mol. The fourth-order valence-corrected chi connectivity index (χ4v) is 2.85. The second-order valence-corrected chi connectivity index (χ2v) is 5.60. The molecular formula is C15H24N4O2. The molecule has 0 atom stereocenters. The summed E-state index contributed by atoms with van der Waals surface area (Å²) in [4.78, 5) is 26.3. The van der Waals surface area contributed by atoms with Crippen molar-refractivity contribution >= 4 is 11.8 Å². The molecule has 1 fully saturated rings. The zero-order chi connectivity index (χ0) is 15.6. The van der Waals surface area contributed by atoms with Gasteiger partial charge in [-0.25, -0.2) is 0 Å². The van der Waals surface area contributed by atoms with E-state index in [1.165, 1.54) is 0 Å². The van der Waals surface area contributed by atoms with Crippen molar-refractivity contribution in [3.8, 4) is 0 Å². The van der Waals surface area contributed by atoms with Crippen LogP contribution in [0.2, 0.25) is 0 Å². The molecule has 2 rings (SSSR count). The normalized spacial score (nSPS) is 18.0. The lowest BCUT2D eigenvalue weighted by Gasteiger charge is -2.41. The van der Waals surface area contributed by atoms with Gasteiger partial charge in [-0.1, -0.05) is 20.8 Å². The Balaban J connectivity index is 2.24. The number of carbonyl (C=O) groups excluding carboxylic acids is 2. The number of rotatable bonds is 5. The third-order valence-corrected chi connectivity index (χ3v) is 4.36. The van der Waals surface area contributed by atoms with E-state index in [4.69, 9.17) is 0 Å². The Bertz CT molecular complexity index is 546. The summed E-state index contributed by atoms with van der Waals surface area (Å²) < 4.78 is 1.79. The van der Waals surface area contributed by atoms with Crippen molar-refractivity contribution in [2.75, 3.05) is 6.54 Å². The van der Waals surface area contributed by atoms with Gasteiger partial charge in [0.1, 0.15) is 12.1 Å². The molecule has 2 heterocycles. The highest BCUT2D eigenvalue weighted by Gasteiger charge is 2.44. The number of piperazine rings is 1. The Morgan fingerprint density at radius 2 is 1.95 bits per heavy atom. The molecule has 0 spiro atoms. The zero-order valence-electron chi connectivity index (χ0n) is 13.3. The van der Waals surface area contributed by atoms with E-state index in [0.717, 1.165) is 17.8 Å². The van der Waals surface area contributed by atoms with Crippen molar-refractivity contribution in [3.63, 3.8) is 0 Å². The molecule has 0 radical (unpaired) electrons. The molecule has 2 amide bonds. The van der Waals surface area contributed by atoms with Crippen LogP contribution in [0.3, 0.4) is 0 Å². The van der Waals surface area contributed by atoms with Gasteiger partial charge in [-0.2, -0.15) is 5.10 Å². The SMILES string of the molecule is CCc1cc(CN2CC(=O)NC(CC)(CC)C2=O)n(C)n1. The van der Waals surface area contributed by atoms with Crippen LogP contribution in [0.15, 0.2) is 6.07 Å². The molecule has 1 aromatic heterocycles. The van der Waals surface area contributed by atoms with Crippen molar-refractivity contribution in [2.45, 2.75) is 52.1 Å². The molecule has 1 saturated heterocycles. The Morgan fingerprint density at radius 1 is 1.29 bits per heavy atom. The largest absolute Gasteiger partial charge is 0.340 e. The Hall–Kier alpha value is -1.85. The van der Waals surface area contributed by atoms with Gasteiger partial charge in [-0.3, -0.25) is 14.3 Å². The molecule has 21 heavy (non-hydrogen) atoms. The van der Waals surface area contributed by atoms with Crippen LogP contribution >= 0.6 is 0 Å². The highest BCUT2D eigenvalue weighted by molar-refractivity contribution is 5.97. The number of nitrogens with one attached hydrogen (secondary N) is 1. The number of carbonyl (C=O) groups is 2. The predicted octanol–water partition coefficient (Wildman–Crippen LogP) is 1.000. The molecule has 0 aliphatic carbocycles. The zero-order valence-corrected chi connectivity index (χ0v) is 13.3. The number of nitrogens with zero attached hydrogens (tertiary/aromatic N) is 3. The molecule has 1 aliphatic heterocycles. The summed E-state index contributed by atoms with van der Waals surface area (Å²) in [6, 6.07) is 2.00. The summed E-state index contributed by atoms with van der Waals surface area (Å²) in [6.07, 6.45) is 2.07. The van der Waals surface area contributed by atoms with Gasteiger partial charge < -0.3 is 10.2 Å². The van der Waals surface area contributed by atoms with E-state index in [1.54, 1.807) is 9.58 Å². The molecule has 1 N–H and O–H groups in total. The summed E-state index contributed by atoms with van der Waals surface area (Å²) in [5, 5.41) is 7.27. The lowest BCUT2D eigenvalue weighted by atomic mass is 9.89. The van der Waals surface area contributed by atoms with Crippen LogP contribution in [0, 0.1) is 0 Å². The molecule has 1 aliphatic rings. The van der Waals surface area contributed by atoms with Gasteiger partial charge >= 0.3 is 0 Å². The third kappa shape index (κ3) is 2.80. The van der Waals surface area contributed by atoms with Crippen LogP contribution in [0.5, 0.6) is 0 Å². The Kier molecular flexibility index (Phi) is 4.34. The summed E-state index contributed by atoms with van der Waals surface area (Å²) in [7, 11) is 1.87. The fraction of sp³-hybridized carbons (Fsp3) is 0.667. The fourth-order valence-electron chi connectivity index (χ4n) is 2.85. The van der Waals surface area contributed by atoms with Gasteiger partial charge in [-0.05, 0) is 25.3 Å². The van der Waals surface area contributed by atoms with Gasteiger partial charge in [0.2, 0.25) is 11.8 Å². The number of hydrogen-bond donors (Lipinski definition) is 1. The number of aryl methyl sites for hydroxylation is 2. The van der Waals surface area contributed by atoms with Crippen LogP contribution in [0.25, 0.3) is 0 Å². The minimum absolute atomic E-state index is 0.00588. The van der Waals surface area contributed by atoms with Gasteiger partial charge in [0.25, 0.3) is 0 Å². The van der Waals surface area contributed by atoms with E-state index < -0.39 is 5.54 Å². The minimum atomic E-state index is -0.748. The third-order valence-electron chi connectivity index (χ3n) is 4.36. The minimum Gasteiger partial charge on any atom is -0.340 e. The van der Waals surface area contributed by atoms with E-state index in [0.29, 0.717) is 19.4 Å². The van der Waals surface area contributed by atoms with Crippen LogP contribution < -0.4 is 5.32 Å². The van der Waals surface area contributed by atoms with E-state index in [9.17, 15) is 9.59 Å². The quantitative estimate of drug-likeness (QED) is 0.880. The molecule has 0 unspecified atom stereocenters. The van der Waals surface area contributed by atoms with E-state index >= 15 is 0 Å². The Morgan fingerprint density at radius 3 is 2.48 bits per heavy atom. The molecule has 6 heteroatoms. The highest BCUT2D eigenvalue weighted by Crippen LogP contribution is 2.23. The van der Waals surface area contributed by atoms with E-state index in [1.807, 2.05) is 33.9 Å². The number of aromatic nitrogens is 2. The first-order valence-corrected chi connectivity index (χ1v) is 7.58. The maximum absolute atomic E-state index is 12.7. The first kappa shape index (κ1) is 15.5. The first-order valence-electron chi connectivity index (χ1n) is 7.58. The smallest absolute Gasteiger partial charge is 0.249 e. The summed E-state index contributed by atoms with van der Waals surface area (Å²) >= 11 is 0.